The third kappa shape index (κ3) is 4.59. The Labute approximate surface area is 179 Å². The van der Waals surface area contributed by atoms with E-state index in [0.29, 0.717) is 42.7 Å². The fourth-order valence-corrected chi connectivity index (χ4v) is 4.46. The second-order valence-electron chi connectivity index (χ2n) is 7.62. The molecule has 2 N–H and O–H groups in total. The highest BCUT2D eigenvalue weighted by atomic mass is 32.1. The van der Waals surface area contributed by atoms with Crippen LogP contribution in [0.25, 0.3) is 10.8 Å². The summed E-state index contributed by atoms with van der Waals surface area (Å²) >= 11 is 1.15. The Morgan fingerprint density at radius 1 is 1.10 bits per heavy atom. The Morgan fingerprint density at radius 2 is 1.87 bits per heavy atom. The highest BCUT2D eigenvalue weighted by Crippen LogP contribution is 2.21. The van der Waals surface area contributed by atoms with Crippen molar-refractivity contribution in [3.8, 4) is 0 Å². The van der Waals surface area contributed by atoms with Crippen LogP contribution in [0.2, 0.25) is 0 Å². The van der Waals surface area contributed by atoms with Gasteiger partial charge in [-0.2, -0.15) is 0 Å². The summed E-state index contributed by atoms with van der Waals surface area (Å²) in [6.07, 6.45) is 1.75. The number of hydrogen-bond donors (Lipinski definition) is 2. The molecule has 1 fully saturated rings. The van der Waals surface area contributed by atoms with Crippen molar-refractivity contribution in [3.63, 3.8) is 0 Å². The molecule has 0 unspecified atom stereocenters. The van der Waals surface area contributed by atoms with E-state index >= 15 is 0 Å². The summed E-state index contributed by atoms with van der Waals surface area (Å²) in [7, 11) is 0. The maximum atomic E-state index is 12.5. The molecule has 1 aliphatic rings. The summed E-state index contributed by atoms with van der Waals surface area (Å²) in [5.41, 5.74) is 1.79. The number of likely N-dealkylation sites (tertiary alicyclic amines) is 1. The quantitative estimate of drug-likeness (QED) is 0.659. The van der Waals surface area contributed by atoms with E-state index in [1.807, 2.05) is 36.1 Å². The second-order valence-corrected chi connectivity index (χ2v) is 8.38. The SMILES string of the molecule is Cc1nnsc1C(=O)N1CCC(CNC(=O)NCc2cccc3ccccc23)CC1. The van der Waals surface area contributed by atoms with E-state index < -0.39 is 0 Å². The summed E-state index contributed by atoms with van der Waals surface area (Å²) in [5.74, 6) is 0.389. The lowest BCUT2D eigenvalue weighted by Crippen LogP contribution is -2.43. The fourth-order valence-electron chi connectivity index (χ4n) is 3.83. The van der Waals surface area contributed by atoms with E-state index in [0.717, 1.165) is 35.3 Å². The molecule has 0 atom stereocenters. The molecule has 4 rings (SSSR count). The van der Waals surface area contributed by atoms with E-state index in [2.05, 4.69) is 38.4 Å². The number of nitrogens with zero attached hydrogens (tertiary/aromatic N) is 3. The molecule has 0 spiro atoms. The van der Waals surface area contributed by atoms with E-state index in [9.17, 15) is 9.59 Å². The number of aromatic nitrogens is 2. The van der Waals surface area contributed by atoms with Gasteiger partial charge in [-0.05, 0) is 53.6 Å². The molecule has 2 aromatic carbocycles. The van der Waals surface area contributed by atoms with Crippen LogP contribution in [-0.2, 0) is 6.54 Å². The zero-order chi connectivity index (χ0) is 20.9. The molecule has 1 aromatic heterocycles. The molecule has 7 nitrogen and oxygen atoms in total. The average Bonchev–Trinajstić information content (AvgIpc) is 3.22. The number of urea groups is 1. The maximum absolute atomic E-state index is 12.5. The monoisotopic (exact) mass is 423 g/mol. The third-order valence-corrected chi connectivity index (χ3v) is 6.43. The fraction of sp³-hybridized carbons (Fsp3) is 0.364. The number of rotatable bonds is 5. The highest BCUT2D eigenvalue weighted by Gasteiger charge is 2.26. The van der Waals surface area contributed by atoms with E-state index in [1.165, 1.54) is 5.39 Å². The predicted molar refractivity (Wildman–Crippen MR) is 117 cm³/mol. The first-order chi connectivity index (χ1) is 14.6. The van der Waals surface area contributed by atoms with Gasteiger partial charge in [-0.1, -0.05) is 47.0 Å². The van der Waals surface area contributed by atoms with Gasteiger partial charge < -0.3 is 15.5 Å². The van der Waals surface area contributed by atoms with Gasteiger partial charge in [0.25, 0.3) is 5.91 Å². The van der Waals surface area contributed by atoms with Crippen molar-refractivity contribution in [1.29, 1.82) is 0 Å². The minimum atomic E-state index is -0.159. The van der Waals surface area contributed by atoms with E-state index in [4.69, 9.17) is 0 Å². The number of benzene rings is 2. The van der Waals surface area contributed by atoms with Gasteiger partial charge in [-0.25, -0.2) is 4.79 Å². The van der Waals surface area contributed by atoms with Gasteiger partial charge in [0.2, 0.25) is 0 Å². The predicted octanol–water partition coefficient (Wildman–Crippen LogP) is 3.35. The molecular weight excluding hydrogens is 398 g/mol. The first-order valence-electron chi connectivity index (χ1n) is 10.2. The van der Waals surface area contributed by atoms with Crippen LogP contribution in [0, 0.1) is 12.8 Å². The molecule has 30 heavy (non-hydrogen) atoms. The van der Waals surface area contributed by atoms with Gasteiger partial charge in [-0.15, -0.1) is 5.10 Å². The molecule has 3 aromatic rings. The van der Waals surface area contributed by atoms with E-state index in [-0.39, 0.29) is 11.9 Å². The van der Waals surface area contributed by atoms with Gasteiger partial charge in [0.1, 0.15) is 4.88 Å². The number of piperidine rings is 1. The minimum Gasteiger partial charge on any atom is -0.338 e. The van der Waals surface area contributed by atoms with Gasteiger partial charge in [-0.3, -0.25) is 4.79 Å². The third-order valence-electron chi connectivity index (χ3n) is 5.62. The Hall–Kier alpha value is -3.00. The maximum Gasteiger partial charge on any atom is 0.315 e. The lowest BCUT2D eigenvalue weighted by Gasteiger charge is -2.31. The summed E-state index contributed by atoms with van der Waals surface area (Å²) in [6, 6.07) is 14.1. The summed E-state index contributed by atoms with van der Waals surface area (Å²) in [6.45, 7) is 4.30. The molecule has 8 heteroatoms. The Morgan fingerprint density at radius 3 is 2.63 bits per heavy atom. The molecule has 0 radical (unpaired) electrons. The first kappa shape index (κ1) is 20.3. The molecule has 156 valence electrons. The number of nitrogens with one attached hydrogen (secondary N) is 2. The van der Waals surface area contributed by atoms with Gasteiger partial charge in [0.15, 0.2) is 0 Å². The standard InChI is InChI=1S/C22H25N5O2S/c1-15-20(30-26-25-15)21(28)27-11-9-16(10-12-27)13-23-22(29)24-14-18-7-4-6-17-5-2-3-8-19(17)18/h2-8,16H,9-14H2,1H3,(H2,23,24,29). The van der Waals surface area contributed by atoms with Crippen LogP contribution >= 0.6 is 11.5 Å². The Kier molecular flexibility index (Phi) is 6.23. The van der Waals surface area contributed by atoms with Crippen molar-refractivity contribution >= 4 is 34.2 Å². The number of aryl methyl sites for hydroxylation is 1. The topological polar surface area (TPSA) is 87.2 Å². The van der Waals surface area contributed by atoms with Gasteiger partial charge in [0, 0.05) is 26.2 Å². The number of amides is 3. The molecule has 0 aliphatic carbocycles. The molecule has 3 amide bonds. The van der Waals surface area contributed by atoms with Gasteiger partial charge in [0.05, 0.1) is 5.69 Å². The molecule has 2 heterocycles. The van der Waals surface area contributed by atoms with Crippen molar-refractivity contribution in [3.05, 3.63) is 58.6 Å². The number of fused-ring (bicyclic) bond motifs is 1. The average molecular weight is 424 g/mol. The van der Waals surface area contributed by atoms with Crippen LogP contribution in [0.3, 0.4) is 0 Å². The largest absolute Gasteiger partial charge is 0.338 e. The van der Waals surface area contributed by atoms with Gasteiger partial charge >= 0.3 is 6.03 Å². The van der Waals surface area contributed by atoms with Crippen LogP contribution in [0.1, 0.15) is 33.8 Å². The molecule has 1 saturated heterocycles. The lowest BCUT2D eigenvalue weighted by molar-refractivity contribution is 0.0694. The van der Waals surface area contributed by atoms with Crippen molar-refractivity contribution in [2.45, 2.75) is 26.3 Å². The Balaban J connectivity index is 1.21. The van der Waals surface area contributed by atoms with Crippen LogP contribution in [-0.4, -0.2) is 46.1 Å². The molecule has 0 saturated carbocycles. The van der Waals surface area contributed by atoms with Crippen molar-refractivity contribution in [2.75, 3.05) is 19.6 Å². The highest BCUT2D eigenvalue weighted by molar-refractivity contribution is 7.07. The zero-order valence-electron chi connectivity index (χ0n) is 16.9. The Bertz CT molecular complexity index is 1040. The van der Waals surface area contributed by atoms with Crippen LogP contribution in [0.15, 0.2) is 42.5 Å². The van der Waals surface area contributed by atoms with Crippen LogP contribution in [0.4, 0.5) is 4.79 Å². The van der Waals surface area contributed by atoms with Crippen molar-refractivity contribution in [1.82, 2.24) is 25.1 Å². The summed E-state index contributed by atoms with van der Waals surface area (Å²) < 4.78 is 3.85. The molecule has 0 bridgehead atoms. The number of hydrogen-bond acceptors (Lipinski definition) is 5. The lowest BCUT2D eigenvalue weighted by atomic mass is 9.96. The second kappa shape index (κ2) is 9.21. The minimum absolute atomic E-state index is 0.0155. The van der Waals surface area contributed by atoms with Crippen LogP contribution < -0.4 is 10.6 Å². The zero-order valence-corrected chi connectivity index (χ0v) is 17.7. The smallest absolute Gasteiger partial charge is 0.315 e. The molecule has 1 aliphatic heterocycles. The van der Waals surface area contributed by atoms with Crippen molar-refractivity contribution in [2.24, 2.45) is 5.92 Å². The number of carbonyl (C=O) groups excluding carboxylic acids is 2. The van der Waals surface area contributed by atoms with E-state index in [1.54, 1.807) is 0 Å². The summed E-state index contributed by atoms with van der Waals surface area (Å²) in [5, 5.41) is 12.2. The molecular formula is C22H25N5O2S. The number of carbonyl (C=O) groups is 2. The first-order valence-corrected chi connectivity index (χ1v) is 11.0. The van der Waals surface area contributed by atoms with Crippen LogP contribution in [0.5, 0.6) is 0 Å². The normalized spacial score (nSPS) is 14.6. The van der Waals surface area contributed by atoms with Crippen molar-refractivity contribution < 1.29 is 9.59 Å². The summed E-state index contributed by atoms with van der Waals surface area (Å²) in [4.78, 5) is 27.3.